The molecule has 0 fully saturated rings. The molecule has 20 heavy (non-hydrogen) atoms. The number of phenols is 1. The van der Waals surface area contributed by atoms with Crippen LogP contribution in [-0.4, -0.2) is 5.11 Å². The Balaban J connectivity index is 2.22. The Morgan fingerprint density at radius 2 is 1.20 bits per heavy atom. The van der Waals surface area contributed by atoms with Crippen LogP contribution in [0, 0.1) is 0 Å². The SMILES string of the molecule is Nc1c(-c2ccccc2)ccc(O)c1-c1ccccc1. The first-order valence-corrected chi connectivity index (χ1v) is 6.49. The van der Waals surface area contributed by atoms with Crippen molar-refractivity contribution in [1.82, 2.24) is 0 Å². The third-order valence-electron chi connectivity index (χ3n) is 3.37. The molecular weight excluding hydrogens is 246 g/mol. The second-order valence-corrected chi connectivity index (χ2v) is 4.65. The number of hydrogen-bond donors (Lipinski definition) is 2. The van der Waals surface area contributed by atoms with E-state index in [2.05, 4.69) is 0 Å². The number of anilines is 1. The minimum absolute atomic E-state index is 0.202. The van der Waals surface area contributed by atoms with Gasteiger partial charge in [-0.2, -0.15) is 0 Å². The number of rotatable bonds is 2. The zero-order valence-corrected chi connectivity index (χ0v) is 11.0. The van der Waals surface area contributed by atoms with Gasteiger partial charge in [0.05, 0.1) is 5.69 Å². The van der Waals surface area contributed by atoms with Gasteiger partial charge in [-0.1, -0.05) is 60.7 Å². The summed E-state index contributed by atoms with van der Waals surface area (Å²) in [7, 11) is 0. The van der Waals surface area contributed by atoms with Crippen LogP contribution < -0.4 is 5.73 Å². The standard InChI is InChI=1S/C18H15NO/c19-18-15(13-7-3-1-4-8-13)11-12-16(20)17(18)14-9-5-2-6-10-14/h1-12,20H,19H2. The molecule has 2 heteroatoms. The molecule has 0 saturated carbocycles. The highest BCUT2D eigenvalue weighted by Gasteiger charge is 2.13. The van der Waals surface area contributed by atoms with Crippen molar-refractivity contribution in [2.75, 3.05) is 5.73 Å². The smallest absolute Gasteiger partial charge is 0.125 e. The van der Waals surface area contributed by atoms with Crippen LogP contribution in [0.1, 0.15) is 0 Å². The van der Waals surface area contributed by atoms with Gasteiger partial charge < -0.3 is 10.8 Å². The molecule has 0 unspecified atom stereocenters. The summed E-state index contributed by atoms with van der Waals surface area (Å²) in [5.74, 6) is 0.202. The number of hydrogen-bond acceptors (Lipinski definition) is 2. The molecule has 0 amide bonds. The van der Waals surface area contributed by atoms with Gasteiger partial charge in [-0.15, -0.1) is 0 Å². The van der Waals surface area contributed by atoms with Crippen molar-refractivity contribution in [2.45, 2.75) is 0 Å². The van der Waals surface area contributed by atoms with Gasteiger partial charge in [0.15, 0.2) is 0 Å². The van der Waals surface area contributed by atoms with E-state index in [0.717, 1.165) is 16.7 Å². The van der Waals surface area contributed by atoms with E-state index in [9.17, 15) is 5.11 Å². The van der Waals surface area contributed by atoms with Crippen molar-refractivity contribution in [2.24, 2.45) is 0 Å². The molecule has 3 N–H and O–H groups in total. The van der Waals surface area contributed by atoms with E-state index in [-0.39, 0.29) is 5.75 Å². The molecule has 0 saturated heterocycles. The first-order valence-electron chi connectivity index (χ1n) is 6.49. The number of nitrogen functional groups attached to an aromatic ring is 1. The van der Waals surface area contributed by atoms with E-state index in [0.29, 0.717) is 11.3 Å². The quantitative estimate of drug-likeness (QED) is 0.675. The lowest BCUT2D eigenvalue weighted by Crippen LogP contribution is -1.94. The van der Waals surface area contributed by atoms with Gasteiger partial charge in [0, 0.05) is 11.1 Å². The third kappa shape index (κ3) is 2.12. The Morgan fingerprint density at radius 1 is 0.650 bits per heavy atom. The van der Waals surface area contributed by atoms with Gasteiger partial charge in [-0.05, 0) is 23.3 Å². The lowest BCUT2D eigenvalue weighted by molar-refractivity contribution is 0.477. The average molecular weight is 261 g/mol. The second-order valence-electron chi connectivity index (χ2n) is 4.65. The van der Waals surface area contributed by atoms with E-state index in [1.165, 1.54) is 0 Å². The molecule has 0 aliphatic heterocycles. The minimum atomic E-state index is 0.202. The lowest BCUT2D eigenvalue weighted by atomic mass is 9.95. The third-order valence-corrected chi connectivity index (χ3v) is 3.37. The van der Waals surface area contributed by atoms with Crippen LogP contribution in [0.4, 0.5) is 5.69 Å². The maximum Gasteiger partial charge on any atom is 0.125 e. The largest absolute Gasteiger partial charge is 0.507 e. The highest BCUT2D eigenvalue weighted by molar-refractivity contribution is 5.92. The predicted molar refractivity (Wildman–Crippen MR) is 83.4 cm³/mol. The molecule has 2 nitrogen and oxygen atoms in total. The van der Waals surface area contributed by atoms with Crippen LogP contribution in [0.5, 0.6) is 5.75 Å². The fourth-order valence-electron chi connectivity index (χ4n) is 2.39. The molecule has 0 spiro atoms. The maximum atomic E-state index is 10.1. The first-order chi connectivity index (χ1) is 9.77. The van der Waals surface area contributed by atoms with Gasteiger partial charge in [-0.3, -0.25) is 0 Å². The predicted octanol–water partition coefficient (Wildman–Crippen LogP) is 4.31. The zero-order chi connectivity index (χ0) is 13.9. The normalized spacial score (nSPS) is 10.4. The molecule has 3 rings (SSSR count). The van der Waals surface area contributed by atoms with E-state index < -0.39 is 0 Å². The van der Waals surface area contributed by atoms with E-state index >= 15 is 0 Å². The summed E-state index contributed by atoms with van der Waals surface area (Å²) in [6.07, 6.45) is 0. The molecule has 0 atom stereocenters. The fraction of sp³-hybridized carbons (Fsp3) is 0. The molecule has 0 aliphatic carbocycles. The highest BCUT2D eigenvalue weighted by Crippen LogP contribution is 2.40. The van der Waals surface area contributed by atoms with Crippen LogP contribution in [-0.2, 0) is 0 Å². The average Bonchev–Trinajstić information content (AvgIpc) is 2.49. The Labute approximate surface area is 118 Å². The molecule has 3 aromatic rings. The summed E-state index contributed by atoms with van der Waals surface area (Å²) < 4.78 is 0. The monoisotopic (exact) mass is 261 g/mol. The summed E-state index contributed by atoms with van der Waals surface area (Å²) in [5.41, 5.74) is 10.5. The topological polar surface area (TPSA) is 46.2 Å². The molecule has 0 heterocycles. The van der Waals surface area contributed by atoms with Crippen molar-refractivity contribution in [3.05, 3.63) is 72.8 Å². The van der Waals surface area contributed by atoms with Crippen LogP contribution in [0.25, 0.3) is 22.3 Å². The molecule has 98 valence electrons. The van der Waals surface area contributed by atoms with Gasteiger partial charge in [0.1, 0.15) is 5.75 Å². The van der Waals surface area contributed by atoms with Gasteiger partial charge in [0.2, 0.25) is 0 Å². The zero-order valence-electron chi connectivity index (χ0n) is 11.0. The van der Waals surface area contributed by atoms with E-state index in [1.54, 1.807) is 6.07 Å². The summed E-state index contributed by atoms with van der Waals surface area (Å²) in [4.78, 5) is 0. The van der Waals surface area contributed by atoms with Crippen molar-refractivity contribution in [3.8, 4) is 28.0 Å². The maximum absolute atomic E-state index is 10.1. The first kappa shape index (κ1) is 12.3. The summed E-state index contributed by atoms with van der Waals surface area (Å²) in [6, 6.07) is 23.2. The molecule has 0 radical (unpaired) electrons. The summed E-state index contributed by atoms with van der Waals surface area (Å²) in [6.45, 7) is 0. The number of aromatic hydroxyl groups is 1. The van der Waals surface area contributed by atoms with Crippen LogP contribution in [0.3, 0.4) is 0 Å². The summed E-state index contributed by atoms with van der Waals surface area (Å²) in [5, 5.41) is 10.1. The van der Waals surface area contributed by atoms with Gasteiger partial charge in [0.25, 0.3) is 0 Å². The number of benzene rings is 3. The highest BCUT2D eigenvalue weighted by atomic mass is 16.3. The van der Waals surface area contributed by atoms with Crippen molar-refractivity contribution in [3.63, 3.8) is 0 Å². The number of nitrogens with two attached hydrogens (primary N) is 1. The molecule has 0 aliphatic rings. The van der Waals surface area contributed by atoms with Gasteiger partial charge in [-0.25, -0.2) is 0 Å². The van der Waals surface area contributed by atoms with Crippen LogP contribution in [0.15, 0.2) is 72.8 Å². The van der Waals surface area contributed by atoms with Crippen molar-refractivity contribution in [1.29, 1.82) is 0 Å². The summed E-state index contributed by atoms with van der Waals surface area (Å²) >= 11 is 0. The molecule has 3 aromatic carbocycles. The Morgan fingerprint density at radius 3 is 1.80 bits per heavy atom. The van der Waals surface area contributed by atoms with Crippen molar-refractivity contribution < 1.29 is 5.11 Å². The van der Waals surface area contributed by atoms with E-state index in [4.69, 9.17) is 5.73 Å². The molecule has 0 aromatic heterocycles. The Hall–Kier alpha value is -2.74. The molecular formula is C18H15NO. The molecule has 0 bridgehead atoms. The Kier molecular flexibility index (Phi) is 3.13. The van der Waals surface area contributed by atoms with Crippen LogP contribution >= 0.6 is 0 Å². The Bertz CT molecular complexity index is 721. The lowest BCUT2D eigenvalue weighted by Gasteiger charge is -2.13. The van der Waals surface area contributed by atoms with E-state index in [1.807, 2.05) is 66.7 Å². The minimum Gasteiger partial charge on any atom is -0.507 e. The van der Waals surface area contributed by atoms with Gasteiger partial charge >= 0.3 is 0 Å². The number of phenolic OH excluding ortho intramolecular Hbond substituents is 1. The van der Waals surface area contributed by atoms with Crippen molar-refractivity contribution >= 4 is 5.69 Å². The van der Waals surface area contributed by atoms with Crippen LogP contribution in [0.2, 0.25) is 0 Å². The second kappa shape index (κ2) is 5.10. The fourth-order valence-corrected chi connectivity index (χ4v) is 2.39.